The van der Waals surface area contributed by atoms with Gasteiger partial charge in [-0.3, -0.25) is 4.79 Å². The Hall–Kier alpha value is -2.75. The molecule has 2 N–H and O–H groups in total. The molecule has 1 aromatic heterocycles. The smallest absolute Gasteiger partial charge is 0.255 e. The highest BCUT2D eigenvalue weighted by Crippen LogP contribution is 2.32. The molecule has 23 heavy (non-hydrogen) atoms. The Bertz CT molecular complexity index is 910. The molecular formula is C19H19N3O. The predicted octanol–water partition coefficient (Wildman–Crippen LogP) is 3.82. The zero-order chi connectivity index (χ0) is 16.0. The fourth-order valence-corrected chi connectivity index (χ4v) is 3.42. The molecule has 0 bridgehead atoms. The van der Waals surface area contributed by atoms with Crippen LogP contribution in [0.5, 0.6) is 0 Å². The third-order valence-corrected chi connectivity index (χ3v) is 4.53. The van der Waals surface area contributed by atoms with Crippen LogP contribution >= 0.6 is 0 Å². The molecule has 0 saturated heterocycles. The molecule has 116 valence electrons. The Morgan fingerprint density at radius 3 is 2.74 bits per heavy atom. The molecule has 1 unspecified atom stereocenters. The Morgan fingerprint density at radius 1 is 1.09 bits per heavy atom. The highest BCUT2D eigenvalue weighted by molar-refractivity contribution is 6.02. The van der Waals surface area contributed by atoms with Crippen LogP contribution in [0.25, 0.3) is 10.9 Å². The summed E-state index contributed by atoms with van der Waals surface area (Å²) in [5.41, 5.74) is 5.16. The summed E-state index contributed by atoms with van der Waals surface area (Å²) in [7, 11) is 0. The molecule has 1 aliphatic rings. The monoisotopic (exact) mass is 305 g/mol. The highest BCUT2D eigenvalue weighted by Gasteiger charge is 2.26. The van der Waals surface area contributed by atoms with E-state index in [-0.39, 0.29) is 12.1 Å². The topological polar surface area (TPSA) is 46.1 Å². The van der Waals surface area contributed by atoms with E-state index in [2.05, 4.69) is 53.4 Å². The fourth-order valence-electron chi connectivity index (χ4n) is 3.42. The van der Waals surface area contributed by atoms with Crippen LogP contribution in [0.2, 0.25) is 0 Å². The lowest BCUT2D eigenvalue weighted by atomic mass is 10.0. The minimum atomic E-state index is -0.213. The first-order chi connectivity index (χ1) is 11.2. The van der Waals surface area contributed by atoms with E-state index in [9.17, 15) is 4.79 Å². The molecule has 3 aromatic rings. The Balaban J connectivity index is 1.85. The van der Waals surface area contributed by atoms with Gasteiger partial charge in [0.2, 0.25) is 0 Å². The molecule has 0 saturated carbocycles. The third-order valence-electron chi connectivity index (χ3n) is 4.53. The van der Waals surface area contributed by atoms with Crippen LogP contribution in [0.1, 0.15) is 34.6 Å². The fraction of sp³-hybridized carbons (Fsp3) is 0.211. The maximum Gasteiger partial charge on any atom is 0.255 e. The number of anilines is 1. The second-order valence-electron chi connectivity index (χ2n) is 5.94. The van der Waals surface area contributed by atoms with Crippen LogP contribution in [0.15, 0.2) is 48.7 Å². The SMILES string of the molecule is CCn1cc(C2NC(=O)c3ccccc3N2)c2cccc(C)c21. The van der Waals surface area contributed by atoms with Crippen molar-refractivity contribution in [3.8, 4) is 0 Å². The molecule has 0 radical (unpaired) electrons. The average molecular weight is 305 g/mol. The molecule has 4 heteroatoms. The van der Waals surface area contributed by atoms with Crippen molar-refractivity contribution in [3.05, 3.63) is 65.4 Å². The number of carbonyl (C=O) groups excluding carboxylic acids is 1. The number of nitrogens with one attached hydrogen (secondary N) is 2. The summed E-state index contributed by atoms with van der Waals surface area (Å²) in [4.78, 5) is 12.4. The number of nitrogens with zero attached hydrogens (tertiary/aromatic N) is 1. The molecule has 2 heterocycles. The standard InChI is InChI=1S/C19H19N3O/c1-3-22-11-15(13-9-6-7-12(2)17(13)22)18-20-16-10-5-4-8-14(16)19(23)21-18/h4-11,18,20H,3H2,1-2H3,(H,21,23). The van der Waals surface area contributed by atoms with Gasteiger partial charge in [-0.15, -0.1) is 0 Å². The van der Waals surface area contributed by atoms with Gasteiger partial charge >= 0.3 is 0 Å². The van der Waals surface area contributed by atoms with E-state index < -0.39 is 0 Å². The largest absolute Gasteiger partial charge is 0.361 e. The molecule has 4 rings (SSSR count). The quantitative estimate of drug-likeness (QED) is 0.756. The lowest BCUT2D eigenvalue weighted by Gasteiger charge is -2.27. The van der Waals surface area contributed by atoms with Gasteiger partial charge in [-0.1, -0.05) is 30.3 Å². The van der Waals surface area contributed by atoms with Crippen molar-refractivity contribution in [2.24, 2.45) is 0 Å². The van der Waals surface area contributed by atoms with Crippen molar-refractivity contribution in [1.29, 1.82) is 0 Å². The molecule has 1 amide bonds. The number of benzene rings is 2. The zero-order valence-corrected chi connectivity index (χ0v) is 13.3. The number of carbonyl (C=O) groups is 1. The minimum Gasteiger partial charge on any atom is -0.361 e. The number of aromatic nitrogens is 1. The second kappa shape index (κ2) is 5.16. The first kappa shape index (κ1) is 13.9. The van der Waals surface area contributed by atoms with Crippen LogP contribution in [-0.4, -0.2) is 10.5 Å². The Kier molecular flexibility index (Phi) is 3.11. The molecule has 4 nitrogen and oxygen atoms in total. The lowest BCUT2D eigenvalue weighted by molar-refractivity contribution is 0.0936. The molecule has 1 aliphatic heterocycles. The lowest BCUT2D eigenvalue weighted by Crippen LogP contribution is -2.38. The number of fused-ring (bicyclic) bond motifs is 2. The highest BCUT2D eigenvalue weighted by atomic mass is 16.2. The van der Waals surface area contributed by atoms with Crippen LogP contribution in [0.3, 0.4) is 0 Å². The summed E-state index contributed by atoms with van der Waals surface area (Å²) in [5.74, 6) is -0.0330. The van der Waals surface area contributed by atoms with Crippen LogP contribution in [-0.2, 0) is 6.54 Å². The summed E-state index contributed by atoms with van der Waals surface area (Å²) >= 11 is 0. The van der Waals surface area contributed by atoms with Gasteiger partial charge < -0.3 is 15.2 Å². The normalized spacial score (nSPS) is 16.8. The molecule has 2 aromatic carbocycles. The van der Waals surface area contributed by atoms with E-state index in [0.29, 0.717) is 5.56 Å². The zero-order valence-electron chi connectivity index (χ0n) is 13.3. The first-order valence-corrected chi connectivity index (χ1v) is 7.94. The van der Waals surface area contributed by atoms with Crippen LogP contribution in [0.4, 0.5) is 5.69 Å². The van der Waals surface area contributed by atoms with Gasteiger partial charge in [0.05, 0.1) is 11.1 Å². The van der Waals surface area contributed by atoms with Crippen molar-refractivity contribution in [2.75, 3.05) is 5.32 Å². The van der Waals surface area contributed by atoms with Gasteiger partial charge in [0.25, 0.3) is 5.91 Å². The summed E-state index contributed by atoms with van der Waals surface area (Å²) in [5, 5.41) is 7.71. The van der Waals surface area contributed by atoms with Gasteiger partial charge in [-0.25, -0.2) is 0 Å². The number of rotatable bonds is 2. The summed E-state index contributed by atoms with van der Waals surface area (Å²) < 4.78 is 2.24. The summed E-state index contributed by atoms with van der Waals surface area (Å²) in [6.07, 6.45) is 1.93. The summed E-state index contributed by atoms with van der Waals surface area (Å²) in [6, 6.07) is 13.9. The first-order valence-electron chi connectivity index (χ1n) is 7.94. The number of aryl methyl sites for hydroxylation is 2. The van der Waals surface area contributed by atoms with E-state index >= 15 is 0 Å². The molecule has 1 atom stereocenters. The predicted molar refractivity (Wildman–Crippen MR) is 92.6 cm³/mol. The number of hydrogen-bond acceptors (Lipinski definition) is 2. The van der Waals surface area contributed by atoms with Crippen molar-refractivity contribution in [1.82, 2.24) is 9.88 Å². The number of hydrogen-bond donors (Lipinski definition) is 2. The van der Waals surface area contributed by atoms with Gasteiger partial charge in [0.15, 0.2) is 0 Å². The van der Waals surface area contributed by atoms with E-state index in [1.807, 2.05) is 24.3 Å². The van der Waals surface area contributed by atoms with Gasteiger partial charge in [-0.05, 0) is 31.5 Å². The maximum absolute atomic E-state index is 12.4. The maximum atomic E-state index is 12.4. The van der Waals surface area contributed by atoms with E-state index in [1.54, 1.807) is 0 Å². The van der Waals surface area contributed by atoms with Crippen LogP contribution < -0.4 is 10.6 Å². The van der Waals surface area contributed by atoms with Gasteiger partial charge in [-0.2, -0.15) is 0 Å². The van der Waals surface area contributed by atoms with Gasteiger partial charge in [0.1, 0.15) is 6.17 Å². The number of amides is 1. The third kappa shape index (κ3) is 2.10. The second-order valence-corrected chi connectivity index (χ2v) is 5.94. The molecule has 0 aliphatic carbocycles. The van der Waals surface area contributed by atoms with Crippen molar-refractivity contribution in [3.63, 3.8) is 0 Å². The van der Waals surface area contributed by atoms with Crippen molar-refractivity contribution >= 4 is 22.5 Å². The Labute approximate surface area is 135 Å². The summed E-state index contributed by atoms with van der Waals surface area (Å²) in [6.45, 7) is 5.16. The Morgan fingerprint density at radius 2 is 1.91 bits per heavy atom. The number of para-hydroxylation sites is 2. The van der Waals surface area contributed by atoms with Crippen LogP contribution in [0, 0.1) is 6.92 Å². The molecule has 0 fully saturated rings. The van der Waals surface area contributed by atoms with Crippen molar-refractivity contribution < 1.29 is 4.79 Å². The molecular weight excluding hydrogens is 286 g/mol. The average Bonchev–Trinajstić information content (AvgIpc) is 2.95. The van der Waals surface area contributed by atoms with Crippen molar-refractivity contribution in [2.45, 2.75) is 26.6 Å². The van der Waals surface area contributed by atoms with E-state index in [0.717, 1.165) is 17.8 Å². The van der Waals surface area contributed by atoms with E-state index in [1.165, 1.54) is 16.5 Å². The van der Waals surface area contributed by atoms with E-state index in [4.69, 9.17) is 0 Å². The minimum absolute atomic E-state index is 0.0330. The molecule has 0 spiro atoms. The van der Waals surface area contributed by atoms with Gasteiger partial charge in [0, 0.05) is 29.4 Å².